The Morgan fingerprint density at radius 3 is 2.85 bits per heavy atom. The van der Waals surface area contributed by atoms with Crippen molar-refractivity contribution in [1.29, 1.82) is 0 Å². The van der Waals surface area contributed by atoms with Gasteiger partial charge in [-0.05, 0) is 37.0 Å². The lowest BCUT2D eigenvalue weighted by Gasteiger charge is -2.27. The highest BCUT2D eigenvalue weighted by molar-refractivity contribution is 7.97. The molecule has 0 amide bonds. The molecule has 26 heavy (non-hydrogen) atoms. The maximum absolute atomic E-state index is 12.5. The van der Waals surface area contributed by atoms with Gasteiger partial charge in [0.15, 0.2) is 4.34 Å². The van der Waals surface area contributed by atoms with Crippen molar-refractivity contribution in [3.63, 3.8) is 0 Å². The summed E-state index contributed by atoms with van der Waals surface area (Å²) < 4.78 is 7.02. The molecule has 1 heterocycles. The second kappa shape index (κ2) is 8.73. The molecule has 1 unspecified atom stereocenters. The van der Waals surface area contributed by atoms with E-state index < -0.39 is 17.9 Å². The van der Waals surface area contributed by atoms with Gasteiger partial charge in [0, 0.05) is 12.7 Å². The summed E-state index contributed by atoms with van der Waals surface area (Å²) in [5.41, 5.74) is 1.84. The summed E-state index contributed by atoms with van der Waals surface area (Å²) in [4.78, 5) is 28.2. The summed E-state index contributed by atoms with van der Waals surface area (Å²) in [6, 6.07) is 5.85. The molecule has 1 saturated carbocycles. The van der Waals surface area contributed by atoms with E-state index in [-0.39, 0.29) is 12.3 Å². The lowest BCUT2D eigenvalue weighted by Crippen LogP contribution is -2.28. The Morgan fingerprint density at radius 1 is 1.38 bits per heavy atom. The SMILES string of the molecule is CNc1ccc2nc(SOC(=O)C(CC(=O)O)C3CCCCC3)sc2c1. The normalized spacial score (nSPS) is 16.3. The van der Waals surface area contributed by atoms with E-state index in [0.717, 1.165) is 60.1 Å². The lowest BCUT2D eigenvalue weighted by molar-refractivity contribution is -0.148. The fourth-order valence-corrected chi connectivity index (χ4v) is 5.06. The molecule has 140 valence electrons. The van der Waals surface area contributed by atoms with E-state index in [4.69, 9.17) is 9.29 Å². The van der Waals surface area contributed by atoms with Crippen LogP contribution in [-0.4, -0.2) is 29.1 Å². The van der Waals surface area contributed by atoms with Gasteiger partial charge in [-0.2, -0.15) is 0 Å². The molecule has 0 aliphatic heterocycles. The number of aliphatic carboxylic acids is 1. The fourth-order valence-electron chi connectivity index (χ4n) is 3.40. The van der Waals surface area contributed by atoms with Crippen LogP contribution in [0.1, 0.15) is 38.5 Å². The van der Waals surface area contributed by atoms with Crippen LogP contribution in [0.4, 0.5) is 5.69 Å². The third-order valence-corrected chi connectivity index (χ3v) is 6.52. The number of nitrogens with zero attached hydrogens (tertiary/aromatic N) is 1. The van der Waals surface area contributed by atoms with Gasteiger partial charge >= 0.3 is 11.9 Å². The highest BCUT2D eigenvalue weighted by atomic mass is 32.2. The first-order valence-corrected chi connectivity index (χ1v) is 10.3. The number of nitrogens with one attached hydrogen (secondary N) is 1. The van der Waals surface area contributed by atoms with Crippen molar-refractivity contribution in [2.45, 2.75) is 42.9 Å². The average molecular weight is 395 g/mol. The van der Waals surface area contributed by atoms with E-state index >= 15 is 0 Å². The molecule has 1 aromatic carbocycles. The summed E-state index contributed by atoms with van der Waals surface area (Å²) in [5, 5.41) is 12.2. The number of aromatic nitrogens is 1. The van der Waals surface area contributed by atoms with Gasteiger partial charge in [-0.15, -0.1) is 11.3 Å². The van der Waals surface area contributed by atoms with Gasteiger partial charge in [0.25, 0.3) is 0 Å². The number of carboxylic acid groups (broad SMARTS) is 1. The molecule has 1 atom stereocenters. The minimum Gasteiger partial charge on any atom is -0.481 e. The number of benzene rings is 1. The molecule has 6 nitrogen and oxygen atoms in total. The van der Waals surface area contributed by atoms with Crippen molar-refractivity contribution >= 4 is 51.2 Å². The molecular weight excluding hydrogens is 372 g/mol. The number of carbonyl (C=O) groups excluding carboxylic acids is 1. The molecule has 0 bridgehead atoms. The first-order chi connectivity index (χ1) is 12.6. The van der Waals surface area contributed by atoms with Crippen LogP contribution in [0.5, 0.6) is 0 Å². The second-order valence-electron chi connectivity index (χ2n) is 6.50. The van der Waals surface area contributed by atoms with Crippen molar-refractivity contribution in [3.8, 4) is 0 Å². The van der Waals surface area contributed by atoms with Crippen molar-refractivity contribution in [2.24, 2.45) is 11.8 Å². The molecule has 1 fully saturated rings. The molecule has 1 aromatic heterocycles. The number of carboxylic acids is 1. The Morgan fingerprint density at radius 2 is 2.15 bits per heavy atom. The van der Waals surface area contributed by atoms with Crippen molar-refractivity contribution in [3.05, 3.63) is 18.2 Å². The van der Waals surface area contributed by atoms with E-state index in [1.165, 1.54) is 11.3 Å². The Labute approximate surface area is 160 Å². The van der Waals surface area contributed by atoms with Gasteiger partial charge in [0.05, 0.1) is 22.6 Å². The van der Waals surface area contributed by atoms with E-state index in [1.807, 2.05) is 25.2 Å². The Bertz CT molecular complexity index is 787. The number of carbonyl (C=O) groups is 2. The Balaban J connectivity index is 1.66. The van der Waals surface area contributed by atoms with Gasteiger partial charge in [-0.3, -0.25) is 9.59 Å². The summed E-state index contributed by atoms with van der Waals surface area (Å²) in [7, 11) is 1.85. The van der Waals surface area contributed by atoms with Gasteiger partial charge in [-0.1, -0.05) is 19.3 Å². The summed E-state index contributed by atoms with van der Waals surface area (Å²) >= 11 is 2.38. The zero-order valence-corrected chi connectivity index (χ0v) is 16.2. The molecular formula is C18H22N2O4S2. The zero-order valence-electron chi connectivity index (χ0n) is 14.6. The van der Waals surface area contributed by atoms with Crippen LogP contribution in [-0.2, 0) is 13.8 Å². The third kappa shape index (κ3) is 4.67. The van der Waals surface area contributed by atoms with Gasteiger partial charge < -0.3 is 14.6 Å². The quantitative estimate of drug-likeness (QED) is 0.666. The second-order valence-corrected chi connectivity index (χ2v) is 8.51. The molecule has 0 spiro atoms. The lowest BCUT2D eigenvalue weighted by atomic mass is 9.78. The largest absolute Gasteiger partial charge is 0.481 e. The zero-order chi connectivity index (χ0) is 18.5. The number of hydrogen-bond acceptors (Lipinski definition) is 7. The smallest absolute Gasteiger partial charge is 0.322 e. The molecule has 1 aliphatic rings. The highest BCUT2D eigenvalue weighted by Gasteiger charge is 2.33. The summed E-state index contributed by atoms with van der Waals surface area (Å²) in [6.45, 7) is 0. The van der Waals surface area contributed by atoms with Crippen LogP contribution < -0.4 is 5.32 Å². The maximum Gasteiger partial charge on any atom is 0.322 e. The number of rotatable bonds is 7. The predicted octanol–water partition coefficient (Wildman–Crippen LogP) is 4.56. The molecule has 0 saturated heterocycles. The minimum atomic E-state index is -0.956. The molecule has 2 aromatic rings. The van der Waals surface area contributed by atoms with Crippen LogP contribution in [0, 0.1) is 11.8 Å². The van der Waals surface area contributed by atoms with Gasteiger partial charge in [0.2, 0.25) is 0 Å². The third-order valence-electron chi connectivity index (χ3n) is 4.77. The monoisotopic (exact) mass is 394 g/mol. The topological polar surface area (TPSA) is 88.5 Å². The number of anilines is 1. The summed E-state index contributed by atoms with van der Waals surface area (Å²) in [5.74, 6) is -1.88. The van der Waals surface area contributed by atoms with Crippen LogP contribution in [0.15, 0.2) is 22.5 Å². The molecule has 8 heteroatoms. The maximum atomic E-state index is 12.5. The van der Waals surface area contributed by atoms with Gasteiger partial charge in [-0.25, -0.2) is 4.98 Å². The summed E-state index contributed by atoms with van der Waals surface area (Å²) in [6.07, 6.45) is 4.87. The molecule has 0 radical (unpaired) electrons. The minimum absolute atomic E-state index is 0.0986. The van der Waals surface area contributed by atoms with Crippen molar-refractivity contribution in [1.82, 2.24) is 4.98 Å². The predicted molar refractivity (Wildman–Crippen MR) is 103 cm³/mol. The number of fused-ring (bicyclic) bond motifs is 1. The number of hydrogen-bond donors (Lipinski definition) is 2. The van der Waals surface area contributed by atoms with Gasteiger partial charge in [0.1, 0.15) is 12.0 Å². The Kier molecular flexibility index (Phi) is 6.37. The highest BCUT2D eigenvalue weighted by Crippen LogP contribution is 2.36. The molecule has 2 N–H and O–H groups in total. The average Bonchev–Trinajstić information content (AvgIpc) is 3.06. The van der Waals surface area contributed by atoms with E-state index in [9.17, 15) is 9.59 Å². The van der Waals surface area contributed by atoms with Crippen LogP contribution in [0.2, 0.25) is 0 Å². The van der Waals surface area contributed by atoms with Crippen LogP contribution >= 0.6 is 23.4 Å². The van der Waals surface area contributed by atoms with Crippen molar-refractivity contribution < 1.29 is 18.9 Å². The van der Waals surface area contributed by atoms with Crippen LogP contribution in [0.25, 0.3) is 10.2 Å². The standard InChI is InChI=1S/C18H22N2O4S2/c1-19-12-7-8-14-15(9-12)25-18(20-14)26-24-17(23)13(10-16(21)22)11-5-3-2-4-6-11/h7-9,11,13,19H,2-6,10H2,1H3,(H,21,22). The first kappa shape index (κ1) is 19.0. The number of thiazole rings is 1. The van der Waals surface area contributed by atoms with E-state index in [0.29, 0.717) is 4.34 Å². The Hall–Kier alpha value is -1.80. The van der Waals surface area contributed by atoms with Crippen molar-refractivity contribution in [2.75, 3.05) is 12.4 Å². The molecule has 3 rings (SSSR count). The van der Waals surface area contributed by atoms with E-state index in [2.05, 4.69) is 10.3 Å². The fraction of sp³-hybridized carbons (Fsp3) is 0.500. The molecule has 1 aliphatic carbocycles. The van der Waals surface area contributed by atoms with Crippen LogP contribution in [0.3, 0.4) is 0 Å². The van der Waals surface area contributed by atoms with E-state index in [1.54, 1.807) is 0 Å². The first-order valence-electron chi connectivity index (χ1n) is 8.75.